The summed E-state index contributed by atoms with van der Waals surface area (Å²) in [6, 6.07) is 24.3. The number of benzene rings is 2. The predicted octanol–water partition coefficient (Wildman–Crippen LogP) is 4.86. The molecule has 5 nitrogen and oxygen atoms in total. The Kier molecular flexibility index (Phi) is 6.37. The summed E-state index contributed by atoms with van der Waals surface area (Å²) in [4.78, 5) is 6.83. The van der Waals surface area contributed by atoms with Crippen LogP contribution >= 0.6 is 0 Å². The first-order chi connectivity index (χ1) is 15.8. The average molecular weight is 431 g/mol. The first kappa shape index (κ1) is 21.0. The number of para-hydroxylation sites is 1. The molecule has 2 aromatic carbocycles. The van der Waals surface area contributed by atoms with E-state index in [1.165, 1.54) is 5.56 Å². The number of nitrogens with zero attached hydrogens (tertiary/aromatic N) is 2. The van der Waals surface area contributed by atoms with Crippen LogP contribution in [-0.2, 0) is 17.9 Å². The minimum Gasteiger partial charge on any atom is -0.488 e. The molecule has 0 N–H and O–H groups in total. The Labute approximate surface area is 190 Å². The number of pyridine rings is 1. The van der Waals surface area contributed by atoms with Gasteiger partial charge in [-0.25, -0.2) is 0 Å². The molecule has 1 unspecified atom stereocenters. The standard InChI is InChI=1S/C27H30N2O3/c1-2-9-24(10-3-1)32-26-18-27(31-21-26)12-15-29(16-13-27)19-22-7-6-11-25(17-22)30-20-23-8-4-5-14-28-23/h1-11,14,17,26H,12-13,15-16,18-21H2. The zero-order valence-corrected chi connectivity index (χ0v) is 18.4. The highest BCUT2D eigenvalue weighted by atomic mass is 16.6. The highest BCUT2D eigenvalue weighted by molar-refractivity contribution is 5.29. The lowest BCUT2D eigenvalue weighted by molar-refractivity contribution is -0.0454. The fourth-order valence-electron chi connectivity index (χ4n) is 4.67. The molecular weight excluding hydrogens is 400 g/mol. The number of aromatic nitrogens is 1. The maximum Gasteiger partial charge on any atom is 0.130 e. The summed E-state index contributed by atoms with van der Waals surface area (Å²) in [6.07, 6.45) is 5.03. The Balaban J connectivity index is 1.10. The SMILES string of the molecule is c1ccc(OC2COC3(CCN(Cc4cccc(OCc5ccccn5)c4)CC3)C2)cc1. The molecule has 2 saturated heterocycles. The third kappa shape index (κ3) is 5.29. The molecule has 5 heteroatoms. The van der Waals surface area contributed by atoms with Crippen LogP contribution in [0.4, 0.5) is 0 Å². The molecule has 0 aliphatic carbocycles. The number of rotatable bonds is 7. The molecule has 0 bridgehead atoms. The van der Waals surface area contributed by atoms with E-state index in [2.05, 4.69) is 28.1 Å². The van der Waals surface area contributed by atoms with Gasteiger partial charge >= 0.3 is 0 Å². The quantitative estimate of drug-likeness (QED) is 0.535. The Morgan fingerprint density at radius 2 is 1.75 bits per heavy atom. The average Bonchev–Trinajstić information content (AvgIpc) is 3.23. The van der Waals surface area contributed by atoms with Crippen LogP contribution < -0.4 is 9.47 Å². The van der Waals surface area contributed by atoms with Crippen molar-refractivity contribution >= 4 is 0 Å². The predicted molar refractivity (Wildman–Crippen MR) is 124 cm³/mol. The lowest BCUT2D eigenvalue weighted by Gasteiger charge is -2.38. The van der Waals surface area contributed by atoms with Gasteiger partial charge < -0.3 is 14.2 Å². The van der Waals surface area contributed by atoms with E-state index in [1.54, 1.807) is 6.20 Å². The maximum atomic E-state index is 6.28. The fraction of sp³-hybridized carbons (Fsp3) is 0.370. The van der Waals surface area contributed by atoms with Gasteiger partial charge in [-0.1, -0.05) is 36.4 Å². The Morgan fingerprint density at radius 1 is 0.938 bits per heavy atom. The van der Waals surface area contributed by atoms with E-state index in [4.69, 9.17) is 14.2 Å². The van der Waals surface area contributed by atoms with E-state index in [0.717, 1.165) is 56.1 Å². The van der Waals surface area contributed by atoms with Crippen LogP contribution in [0.15, 0.2) is 79.0 Å². The van der Waals surface area contributed by atoms with Crippen LogP contribution in [0.25, 0.3) is 0 Å². The second kappa shape index (κ2) is 9.72. The second-order valence-corrected chi connectivity index (χ2v) is 8.78. The maximum absolute atomic E-state index is 6.28. The largest absolute Gasteiger partial charge is 0.488 e. The van der Waals surface area contributed by atoms with Gasteiger partial charge in [0, 0.05) is 32.3 Å². The number of hydrogen-bond acceptors (Lipinski definition) is 5. The molecule has 0 amide bonds. The van der Waals surface area contributed by atoms with Gasteiger partial charge in [0.1, 0.15) is 24.2 Å². The van der Waals surface area contributed by atoms with Gasteiger partial charge in [-0.15, -0.1) is 0 Å². The molecule has 2 fully saturated rings. The van der Waals surface area contributed by atoms with Crippen molar-refractivity contribution in [3.8, 4) is 11.5 Å². The normalized spacial score (nSPS) is 20.3. The van der Waals surface area contributed by atoms with Gasteiger partial charge in [-0.3, -0.25) is 9.88 Å². The Bertz CT molecular complexity index is 988. The molecule has 3 aromatic rings. The lowest BCUT2D eigenvalue weighted by atomic mass is 9.88. The van der Waals surface area contributed by atoms with Gasteiger partial charge in [0.15, 0.2) is 0 Å². The topological polar surface area (TPSA) is 43.8 Å². The van der Waals surface area contributed by atoms with Crippen LogP contribution in [-0.4, -0.2) is 41.3 Å². The van der Waals surface area contributed by atoms with Crippen LogP contribution in [0, 0.1) is 0 Å². The summed E-state index contributed by atoms with van der Waals surface area (Å²) in [7, 11) is 0. The zero-order valence-electron chi connectivity index (χ0n) is 18.4. The van der Waals surface area contributed by atoms with Crippen molar-refractivity contribution in [1.29, 1.82) is 0 Å². The van der Waals surface area contributed by atoms with Gasteiger partial charge in [0.25, 0.3) is 0 Å². The third-order valence-corrected chi connectivity index (χ3v) is 6.41. The second-order valence-electron chi connectivity index (χ2n) is 8.78. The van der Waals surface area contributed by atoms with Crippen LogP contribution in [0.1, 0.15) is 30.5 Å². The molecule has 1 atom stereocenters. The van der Waals surface area contributed by atoms with E-state index in [1.807, 2.05) is 54.6 Å². The van der Waals surface area contributed by atoms with Gasteiger partial charge in [0.2, 0.25) is 0 Å². The van der Waals surface area contributed by atoms with Gasteiger partial charge in [-0.2, -0.15) is 0 Å². The summed E-state index contributed by atoms with van der Waals surface area (Å²) < 4.78 is 18.4. The van der Waals surface area contributed by atoms with Crippen molar-refractivity contribution in [3.05, 3.63) is 90.3 Å². The van der Waals surface area contributed by atoms with Crippen LogP contribution in [0.5, 0.6) is 11.5 Å². The highest BCUT2D eigenvalue weighted by Crippen LogP contribution is 2.37. The first-order valence-corrected chi connectivity index (χ1v) is 11.5. The number of hydrogen-bond donors (Lipinski definition) is 0. The van der Waals surface area contributed by atoms with Crippen molar-refractivity contribution in [3.63, 3.8) is 0 Å². The highest BCUT2D eigenvalue weighted by Gasteiger charge is 2.43. The lowest BCUT2D eigenvalue weighted by Crippen LogP contribution is -2.44. The molecule has 1 spiro atoms. The van der Waals surface area contributed by atoms with Crippen molar-refractivity contribution in [2.75, 3.05) is 19.7 Å². The number of likely N-dealkylation sites (tertiary alicyclic amines) is 1. The molecule has 2 aliphatic heterocycles. The van der Waals surface area contributed by atoms with Crippen molar-refractivity contribution in [2.24, 2.45) is 0 Å². The smallest absolute Gasteiger partial charge is 0.130 e. The summed E-state index contributed by atoms with van der Waals surface area (Å²) in [5.74, 6) is 1.82. The van der Waals surface area contributed by atoms with Gasteiger partial charge in [0.05, 0.1) is 17.9 Å². The third-order valence-electron chi connectivity index (χ3n) is 6.41. The fourth-order valence-corrected chi connectivity index (χ4v) is 4.67. The number of piperidine rings is 1. The summed E-state index contributed by atoms with van der Waals surface area (Å²) in [5.41, 5.74) is 2.19. The van der Waals surface area contributed by atoms with Gasteiger partial charge in [-0.05, 0) is 54.8 Å². The summed E-state index contributed by atoms with van der Waals surface area (Å²) >= 11 is 0. The Hall–Kier alpha value is -2.89. The molecular formula is C27H30N2O3. The monoisotopic (exact) mass is 430 g/mol. The van der Waals surface area contributed by atoms with Crippen molar-refractivity contribution in [2.45, 2.75) is 44.1 Å². The number of ether oxygens (including phenoxy) is 3. The molecule has 32 heavy (non-hydrogen) atoms. The minimum absolute atomic E-state index is 0.0242. The molecule has 3 heterocycles. The summed E-state index contributed by atoms with van der Waals surface area (Å²) in [5, 5.41) is 0. The Morgan fingerprint density at radius 3 is 2.56 bits per heavy atom. The minimum atomic E-state index is -0.0242. The first-order valence-electron chi connectivity index (χ1n) is 11.5. The van der Waals surface area contributed by atoms with E-state index < -0.39 is 0 Å². The molecule has 0 radical (unpaired) electrons. The van der Waals surface area contributed by atoms with E-state index in [-0.39, 0.29) is 11.7 Å². The molecule has 0 saturated carbocycles. The molecule has 5 rings (SSSR count). The van der Waals surface area contributed by atoms with E-state index in [9.17, 15) is 0 Å². The van der Waals surface area contributed by atoms with E-state index >= 15 is 0 Å². The summed E-state index contributed by atoms with van der Waals surface area (Å²) in [6.45, 7) is 4.18. The molecule has 166 valence electrons. The van der Waals surface area contributed by atoms with Crippen LogP contribution in [0.3, 0.4) is 0 Å². The van der Waals surface area contributed by atoms with Crippen molar-refractivity contribution in [1.82, 2.24) is 9.88 Å². The van der Waals surface area contributed by atoms with E-state index in [0.29, 0.717) is 13.2 Å². The van der Waals surface area contributed by atoms with Crippen molar-refractivity contribution < 1.29 is 14.2 Å². The zero-order chi connectivity index (χ0) is 21.6. The molecule has 2 aliphatic rings. The molecule has 1 aromatic heterocycles. The van der Waals surface area contributed by atoms with Crippen LogP contribution in [0.2, 0.25) is 0 Å².